The van der Waals surface area contributed by atoms with Crippen LogP contribution in [-0.4, -0.2) is 16.2 Å². The van der Waals surface area contributed by atoms with E-state index in [1.54, 1.807) is 6.20 Å². The molecule has 0 radical (unpaired) electrons. The molecule has 0 unspecified atom stereocenters. The predicted molar refractivity (Wildman–Crippen MR) is 83.5 cm³/mol. The molecule has 2 aromatic rings. The van der Waals surface area contributed by atoms with Gasteiger partial charge in [0.2, 0.25) is 0 Å². The molecule has 0 saturated carbocycles. The van der Waals surface area contributed by atoms with Crippen LogP contribution in [-0.2, 0) is 6.54 Å². The maximum absolute atomic E-state index is 5.75. The van der Waals surface area contributed by atoms with Crippen molar-refractivity contribution in [2.75, 3.05) is 6.61 Å². The Balaban J connectivity index is 0.00000162. The minimum Gasteiger partial charge on any atom is -0.493 e. The van der Waals surface area contributed by atoms with Gasteiger partial charge in [-0.05, 0) is 59.7 Å². The topological polar surface area (TPSA) is 27.1 Å². The van der Waals surface area contributed by atoms with Gasteiger partial charge in [-0.1, -0.05) is 0 Å². The van der Waals surface area contributed by atoms with Crippen LogP contribution in [0, 0.1) is 10.5 Å². The number of benzene rings is 1. The minimum atomic E-state index is 0. The highest BCUT2D eigenvalue weighted by Gasteiger charge is 1.99. The lowest BCUT2D eigenvalue weighted by atomic mass is 10.2. The highest BCUT2D eigenvalue weighted by atomic mass is 127. The Morgan fingerprint density at radius 3 is 2.89 bits per heavy atom. The van der Waals surface area contributed by atoms with Crippen molar-refractivity contribution in [3.63, 3.8) is 0 Å². The van der Waals surface area contributed by atoms with Gasteiger partial charge in [0.05, 0.1) is 12.9 Å². The molecule has 18 heavy (non-hydrogen) atoms. The van der Waals surface area contributed by atoms with Crippen LogP contribution in [0.2, 0.25) is 0 Å². The Morgan fingerprint density at radius 2 is 2.22 bits per heavy atom. The largest absolute Gasteiger partial charge is 0.493 e. The average molecular weight is 379 g/mol. The third kappa shape index (κ3) is 4.49. The maximum Gasteiger partial charge on any atom is 0.122 e. The van der Waals surface area contributed by atoms with E-state index in [-0.39, 0.29) is 12.4 Å². The molecule has 0 aliphatic rings. The van der Waals surface area contributed by atoms with E-state index in [0.29, 0.717) is 0 Å². The standard InChI is InChI=1S/C13H15IN2O.ClH/c1-11-9-12(14)3-4-13(11)17-8-2-6-16-7-5-15-10-16;/h3-5,7,9-10H,2,6,8H2,1H3;1H. The molecule has 5 heteroatoms. The maximum atomic E-state index is 5.75. The number of ether oxygens (including phenoxy) is 1. The second-order valence-electron chi connectivity index (χ2n) is 3.91. The zero-order chi connectivity index (χ0) is 12.1. The fourth-order valence-corrected chi connectivity index (χ4v) is 2.27. The summed E-state index contributed by atoms with van der Waals surface area (Å²) in [7, 11) is 0. The third-order valence-corrected chi connectivity index (χ3v) is 3.19. The third-order valence-electron chi connectivity index (χ3n) is 2.51. The molecule has 0 N–H and O–H groups in total. The van der Waals surface area contributed by atoms with Gasteiger partial charge >= 0.3 is 0 Å². The summed E-state index contributed by atoms with van der Waals surface area (Å²) in [6.45, 7) is 3.76. The quantitative estimate of drug-likeness (QED) is 0.586. The monoisotopic (exact) mass is 378 g/mol. The molecule has 1 aromatic carbocycles. The molecular weight excluding hydrogens is 363 g/mol. The second kappa shape index (κ2) is 7.63. The summed E-state index contributed by atoms with van der Waals surface area (Å²) >= 11 is 2.31. The van der Waals surface area contributed by atoms with Crippen molar-refractivity contribution in [2.45, 2.75) is 19.9 Å². The van der Waals surface area contributed by atoms with Gasteiger partial charge in [-0.15, -0.1) is 12.4 Å². The van der Waals surface area contributed by atoms with Gasteiger partial charge in [0.1, 0.15) is 5.75 Å². The van der Waals surface area contributed by atoms with Crippen LogP contribution < -0.4 is 4.74 Å². The van der Waals surface area contributed by atoms with E-state index in [1.807, 2.05) is 18.6 Å². The van der Waals surface area contributed by atoms with E-state index in [2.05, 4.69) is 51.2 Å². The van der Waals surface area contributed by atoms with Gasteiger partial charge in [-0.2, -0.15) is 0 Å². The number of rotatable bonds is 5. The van der Waals surface area contributed by atoms with Gasteiger partial charge in [0, 0.05) is 22.5 Å². The van der Waals surface area contributed by atoms with Crippen LogP contribution in [0.4, 0.5) is 0 Å². The number of imidazole rings is 1. The van der Waals surface area contributed by atoms with Gasteiger partial charge < -0.3 is 9.30 Å². The Morgan fingerprint density at radius 1 is 1.39 bits per heavy atom. The molecular formula is C13H16ClIN2O. The van der Waals surface area contributed by atoms with Crippen molar-refractivity contribution in [3.8, 4) is 5.75 Å². The Kier molecular flexibility index (Phi) is 6.49. The van der Waals surface area contributed by atoms with Crippen molar-refractivity contribution >= 4 is 35.0 Å². The first-order chi connectivity index (χ1) is 8.25. The van der Waals surface area contributed by atoms with E-state index in [1.165, 1.54) is 9.13 Å². The van der Waals surface area contributed by atoms with Crippen molar-refractivity contribution in [2.24, 2.45) is 0 Å². The zero-order valence-electron chi connectivity index (χ0n) is 10.2. The Bertz CT molecular complexity index is 474. The Hall–Kier alpha value is -0.750. The SMILES string of the molecule is Cc1cc(I)ccc1OCCCn1ccnc1.Cl. The molecule has 0 aliphatic carbocycles. The summed E-state index contributed by atoms with van der Waals surface area (Å²) in [4.78, 5) is 4.00. The van der Waals surface area contributed by atoms with Crippen LogP contribution in [0.15, 0.2) is 36.9 Å². The highest BCUT2D eigenvalue weighted by Crippen LogP contribution is 2.20. The van der Waals surface area contributed by atoms with Crippen LogP contribution >= 0.6 is 35.0 Å². The average Bonchev–Trinajstić information content (AvgIpc) is 2.79. The number of nitrogens with zero attached hydrogens (tertiary/aromatic N) is 2. The lowest BCUT2D eigenvalue weighted by Gasteiger charge is -2.09. The van der Waals surface area contributed by atoms with Crippen molar-refractivity contribution in [1.82, 2.24) is 9.55 Å². The van der Waals surface area contributed by atoms with Gasteiger partial charge in [0.25, 0.3) is 0 Å². The van der Waals surface area contributed by atoms with Crippen molar-refractivity contribution in [3.05, 3.63) is 46.1 Å². The van der Waals surface area contributed by atoms with Crippen LogP contribution in [0.25, 0.3) is 0 Å². The number of aromatic nitrogens is 2. The molecule has 0 saturated heterocycles. The summed E-state index contributed by atoms with van der Waals surface area (Å²) in [5.41, 5.74) is 1.19. The van der Waals surface area contributed by atoms with E-state index in [9.17, 15) is 0 Å². The molecule has 0 bridgehead atoms. The Labute approximate surface area is 127 Å². The molecule has 0 atom stereocenters. The van der Waals surface area contributed by atoms with Gasteiger partial charge in [-0.25, -0.2) is 4.98 Å². The van der Waals surface area contributed by atoms with Crippen molar-refractivity contribution < 1.29 is 4.74 Å². The highest BCUT2D eigenvalue weighted by molar-refractivity contribution is 14.1. The lowest BCUT2D eigenvalue weighted by molar-refractivity contribution is 0.300. The molecule has 0 spiro atoms. The number of aryl methyl sites for hydroxylation is 2. The fraction of sp³-hybridized carbons (Fsp3) is 0.308. The minimum absolute atomic E-state index is 0. The summed E-state index contributed by atoms with van der Waals surface area (Å²) in [6, 6.07) is 6.23. The number of hydrogen-bond acceptors (Lipinski definition) is 2. The molecule has 98 valence electrons. The first-order valence-electron chi connectivity index (χ1n) is 5.60. The normalized spacial score (nSPS) is 9.89. The van der Waals surface area contributed by atoms with Crippen LogP contribution in [0.3, 0.4) is 0 Å². The molecule has 0 fully saturated rings. The van der Waals surface area contributed by atoms with Crippen molar-refractivity contribution in [1.29, 1.82) is 0 Å². The molecule has 3 nitrogen and oxygen atoms in total. The summed E-state index contributed by atoms with van der Waals surface area (Å²) in [5.74, 6) is 0.982. The van der Waals surface area contributed by atoms with E-state index in [0.717, 1.165) is 25.3 Å². The van der Waals surface area contributed by atoms with E-state index >= 15 is 0 Å². The smallest absolute Gasteiger partial charge is 0.122 e. The summed E-state index contributed by atoms with van der Waals surface area (Å²) in [6.07, 6.45) is 6.58. The fourth-order valence-electron chi connectivity index (χ4n) is 1.62. The molecule has 1 heterocycles. The summed E-state index contributed by atoms with van der Waals surface area (Å²) in [5, 5.41) is 0. The summed E-state index contributed by atoms with van der Waals surface area (Å²) < 4.78 is 9.05. The first kappa shape index (κ1) is 15.3. The lowest BCUT2D eigenvalue weighted by Crippen LogP contribution is -2.03. The first-order valence-corrected chi connectivity index (χ1v) is 6.68. The van der Waals surface area contributed by atoms with Crippen LogP contribution in [0.5, 0.6) is 5.75 Å². The second-order valence-corrected chi connectivity index (χ2v) is 5.16. The molecule has 0 amide bonds. The zero-order valence-corrected chi connectivity index (χ0v) is 13.1. The van der Waals surface area contributed by atoms with Gasteiger partial charge in [-0.3, -0.25) is 0 Å². The predicted octanol–water partition coefficient (Wildman–Crippen LogP) is 3.69. The molecule has 0 aliphatic heterocycles. The van der Waals surface area contributed by atoms with E-state index in [4.69, 9.17) is 4.74 Å². The molecule has 2 rings (SSSR count). The number of halogens is 2. The number of hydrogen-bond donors (Lipinski definition) is 0. The molecule has 1 aromatic heterocycles. The van der Waals surface area contributed by atoms with Crippen LogP contribution in [0.1, 0.15) is 12.0 Å². The van der Waals surface area contributed by atoms with E-state index < -0.39 is 0 Å². The van der Waals surface area contributed by atoms with Gasteiger partial charge in [0.15, 0.2) is 0 Å².